The number of nitrogens with one attached hydrogen (secondary N) is 1. The molecule has 1 fully saturated rings. The average Bonchev–Trinajstić information content (AvgIpc) is 3.28. The molecule has 1 saturated carbocycles. The van der Waals surface area contributed by atoms with Crippen LogP contribution in [0.15, 0.2) is 47.1 Å². The monoisotopic (exact) mass is 448 g/mol. The van der Waals surface area contributed by atoms with Crippen molar-refractivity contribution in [2.45, 2.75) is 72.6 Å². The van der Waals surface area contributed by atoms with E-state index in [-0.39, 0.29) is 17.6 Å². The molecule has 33 heavy (non-hydrogen) atoms. The minimum Gasteiger partial charge on any atom is -0.356 e. The molecule has 1 N–H and O–H groups in total. The second kappa shape index (κ2) is 11.8. The number of benzene rings is 2. The first-order valence-electron chi connectivity index (χ1n) is 12.2. The molecule has 0 aliphatic heterocycles. The molecule has 1 aliphatic rings. The van der Waals surface area contributed by atoms with Gasteiger partial charge in [0.2, 0.25) is 5.91 Å². The van der Waals surface area contributed by atoms with Gasteiger partial charge in [-0.3, -0.25) is 9.59 Å². The predicted octanol–water partition coefficient (Wildman–Crippen LogP) is 7.13. The predicted molar refractivity (Wildman–Crippen MR) is 134 cm³/mol. The molecular weight excluding hydrogens is 412 g/mol. The molecule has 0 saturated heterocycles. The topological polar surface area (TPSA) is 72.2 Å². The molecule has 5 nitrogen and oxygen atoms in total. The van der Waals surface area contributed by atoms with Crippen LogP contribution < -0.4 is 5.32 Å². The van der Waals surface area contributed by atoms with Gasteiger partial charge in [0.1, 0.15) is 0 Å². The molecule has 1 amide bonds. The number of carbonyl (C=O) groups excluding carboxylic acids is 2. The third-order valence-corrected chi connectivity index (χ3v) is 6.68. The quantitative estimate of drug-likeness (QED) is 0.407. The van der Waals surface area contributed by atoms with E-state index in [1.165, 1.54) is 36.8 Å². The fourth-order valence-electron chi connectivity index (χ4n) is 4.82. The summed E-state index contributed by atoms with van der Waals surface area (Å²) in [5.74, 6) is 1.31. The Labute approximate surface area is 196 Å². The van der Waals surface area contributed by atoms with Crippen molar-refractivity contribution in [3.63, 3.8) is 0 Å². The maximum absolute atomic E-state index is 12.4. The fourth-order valence-corrected chi connectivity index (χ4v) is 4.82. The first kappa shape index (κ1) is 24.7. The Morgan fingerprint density at radius 1 is 1.09 bits per heavy atom. The van der Waals surface area contributed by atoms with E-state index in [1.807, 2.05) is 43.3 Å². The second-order valence-electron chi connectivity index (χ2n) is 9.08. The van der Waals surface area contributed by atoms with Gasteiger partial charge < -0.3 is 9.84 Å². The zero-order chi connectivity index (χ0) is 23.8. The number of anilines is 1. The number of rotatable bonds is 6. The van der Waals surface area contributed by atoms with Gasteiger partial charge in [-0.05, 0) is 81.2 Å². The normalized spacial score (nSPS) is 17.8. The van der Waals surface area contributed by atoms with E-state index in [4.69, 9.17) is 4.52 Å². The molecule has 5 heteroatoms. The summed E-state index contributed by atoms with van der Waals surface area (Å²) in [4.78, 5) is 23.5. The minimum absolute atomic E-state index is 0.153. The summed E-state index contributed by atoms with van der Waals surface area (Å²) in [5.41, 5.74) is 4.84. The summed E-state index contributed by atoms with van der Waals surface area (Å²) in [6.07, 6.45) is 9.58. The van der Waals surface area contributed by atoms with Crippen LogP contribution in [-0.2, 0) is 11.2 Å². The van der Waals surface area contributed by atoms with Gasteiger partial charge in [0, 0.05) is 22.6 Å². The Morgan fingerprint density at radius 3 is 2.48 bits per heavy atom. The number of Topliss-reactive ketones (excluding diaryl/α,β-unsaturated/α-hetero) is 1. The van der Waals surface area contributed by atoms with Crippen molar-refractivity contribution in [1.29, 1.82) is 0 Å². The maximum Gasteiger partial charge on any atom is 0.227 e. The molecular formula is C28H36N2O3. The highest BCUT2D eigenvalue weighted by molar-refractivity contribution is 5.96. The average molecular weight is 449 g/mol. The molecule has 176 valence electrons. The largest absolute Gasteiger partial charge is 0.356 e. The van der Waals surface area contributed by atoms with Crippen LogP contribution in [0, 0.1) is 18.8 Å². The van der Waals surface area contributed by atoms with Gasteiger partial charge in [-0.2, -0.15) is 0 Å². The van der Waals surface area contributed by atoms with Crippen LogP contribution in [0.2, 0.25) is 0 Å². The van der Waals surface area contributed by atoms with Gasteiger partial charge in [-0.15, -0.1) is 0 Å². The van der Waals surface area contributed by atoms with E-state index in [2.05, 4.69) is 24.3 Å². The van der Waals surface area contributed by atoms with E-state index in [9.17, 15) is 9.59 Å². The van der Waals surface area contributed by atoms with Crippen LogP contribution in [-0.4, -0.2) is 16.8 Å². The van der Waals surface area contributed by atoms with Crippen molar-refractivity contribution < 1.29 is 14.1 Å². The molecule has 3 aromatic rings. The van der Waals surface area contributed by atoms with Crippen LogP contribution in [0.25, 0.3) is 11.0 Å². The zero-order valence-electron chi connectivity index (χ0n) is 20.3. The number of nitrogens with zero attached hydrogens (tertiary/aromatic N) is 1. The van der Waals surface area contributed by atoms with Crippen LogP contribution in [0.3, 0.4) is 0 Å². The Balaban J connectivity index is 0.000000218. The highest BCUT2D eigenvalue weighted by Gasteiger charge is 2.25. The molecule has 0 bridgehead atoms. The van der Waals surface area contributed by atoms with Crippen LogP contribution in [0.5, 0.6) is 0 Å². The van der Waals surface area contributed by atoms with Gasteiger partial charge in [0.25, 0.3) is 0 Å². The van der Waals surface area contributed by atoms with Gasteiger partial charge in [0.15, 0.2) is 11.4 Å². The molecule has 0 spiro atoms. The highest BCUT2D eigenvalue weighted by Crippen LogP contribution is 2.32. The molecule has 1 aromatic heterocycles. The molecule has 1 aliphatic carbocycles. The lowest BCUT2D eigenvalue weighted by Gasteiger charge is -2.27. The van der Waals surface area contributed by atoms with Crippen molar-refractivity contribution in [3.05, 3.63) is 59.3 Å². The maximum atomic E-state index is 12.4. The van der Waals surface area contributed by atoms with Crippen molar-refractivity contribution >= 4 is 28.3 Å². The van der Waals surface area contributed by atoms with Crippen LogP contribution in [0.4, 0.5) is 5.69 Å². The molecule has 0 atom stereocenters. The summed E-state index contributed by atoms with van der Waals surface area (Å²) in [6.45, 7) is 7.98. The lowest BCUT2D eigenvalue weighted by molar-refractivity contribution is -0.121. The van der Waals surface area contributed by atoms with Crippen molar-refractivity contribution in [2.75, 3.05) is 5.32 Å². The smallest absolute Gasteiger partial charge is 0.227 e. The fraction of sp³-hybridized carbons (Fsp3) is 0.464. The number of aromatic nitrogens is 1. The zero-order valence-corrected chi connectivity index (χ0v) is 20.3. The number of hydrogen-bond donors (Lipinski definition) is 1. The molecule has 0 radical (unpaired) electrons. The molecule has 2 aromatic carbocycles. The van der Waals surface area contributed by atoms with Crippen molar-refractivity contribution in [1.82, 2.24) is 5.16 Å². The summed E-state index contributed by atoms with van der Waals surface area (Å²) in [7, 11) is 0. The van der Waals surface area contributed by atoms with E-state index in [1.54, 1.807) is 13.1 Å². The summed E-state index contributed by atoms with van der Waals surface area (Å²) < 4.78 is 5.07. The number of carbonyl (C=O) groups is 2. The molecule has 1 heterocycles. The number of ketones is 1. The summed E-state index contributed by atoms with van der Waals surface area (Å²) in [6, 6.07) is 11.5. The lowest BCUT2D eigenvalue weighted by Crippen LogP contribution is -2.27. The van der Waals surface area contributed by atoms with E-state index >= 15 is 0 Å². The van der Waals surface area contributed by atoms with Crippen molar-refractivity contribution in [2.24, 2.45) is 11.8 Å². The van der Waals surface area contributed by atoms with Crippen molar-refractivity contribution in [3.8, 4) is 0 Å². The van der Waals surface area contributed by atoms with Gasteiger partial charge in [-0.1, -0.05) is 50.0 Å². The van der Waals surface area contributed by atoms with E-state index in [0.717, 1.165) is 47.4 Å². The molecule has 0 unspecified atom stereocenters. The van der Waals surface area contributed by atoms with Crippen LogP contribution in [0.1, 0.15) is 80.8 Å². The van der Waals surface area contributed by atoms with Crippen LogP contribution >= 0.6 is 0 Å². The number of aryl methyl sites for hydroxylation is 1. The standard InChI is InChI=1S/C17H22N2O2.C11H14O/c1-2-3-12-4-6-13(7-5-12)17(20)19-15-8-9-16-14(10-15)11-18-21-16;1-4-10-8(2)6-5-7-11(10)9(3)12/h8-13H,2-7H2,1H3,(H,19,20);5-7H,4H2,1-3H3. The summed E-state index contributed by atoms with van der Waals surface area (Å²) in [5, 5.41) is 7.70. The Bertz CT molecular complexity index is 1080. The van der Waals surface area contributed by atoms with E-state index < -0.39 is 0 Å². The second-order valence-corrected chi connectivity index (χ2v) is 9.08. The number of hydrogen-bond acceptors (Lipinski definition) is 4. The molecule has 4 rings (SSSR count). The number of amides is 1. The lowest BCUT2D eigenvalue weighted by atomic mass is 9.80. The van der Waals surface area contributed by atoms with E-state index in [0.29, 0.717) is 0 Å². The first-order valence-corrected chi connectivity index (χ1v) is 12.2. The minimum atomic E-state index is 0.153. The third kappa shape index (κ3) is 6.53. The number of fused-ring (bicyclic) bond motifs is 1. The SMILES string of the molecule is CCCC1CCC(C(=O)Nc2ccc3oncc3c2)CC1.CCc1c(C)cccc1C(C)=O. The van der Waals surface area contributed by atoms with Gasteiger partial charge >= 0.3 is 0 Å². The Morgan fingerprint density at radius 2 is 1.85 bits per heavy atom. The Kier molecular flexibility index (Phi) is 8.81. The van der Waals surface area contributed by atoms with Gasteiger partial charge in [0.05, 0.1) is 6.20 Å². The third-order valence-electron chi connectivity index (χ3n) is 6.68. The highest BCUT2D eigenvalue weighted by atomic mass is 16.5. The Hall–Kier alpha value is -2.95. The van der Waals surface area contributed by atoms with Gasteiger partial charge in [-0.25, -0.2) is 0 Å². The summed E-state index contributed by atoms with van der Waals surface area (Å²) >= 11 is 0. The first-order chi connectivity index (χ1) is 15.9.